The van der Waals surface area contributed by atoms with Crippen molar-refractivity contribution in [1.29, 1.82) is 0 Å². The molecule has 1 N–H and O–H groups in total. The van der Waals surface area contributed by atoms with Crippen molar-refractivity contribution in [3.8, 4) is 0 Å². The van der Waals surface area contributed by atoms with E-state index in [1.165, 1.54) is 0 Å². The van der Waals surface area contributed by atoms with Crippen molar-refractivity contribution in [1.82, 2.24) is 0 Å². The molecule has 12 heavy (non-hydrogen) atoms. The maximum absolute atomic E-state index is 9.51. The highest BCUT2D eigenvalue weighted by Crippen LogP contribution is 2.16. The second-order valence-electron chi connectivity index (χ2n) is 2.97. The van der Waals surface area contributed by atoms with Gasteiger partial charge in [0.1, 0.15) is 0 Å². The smallest absolute Gasteiger partial charge is 0.0636 e. The average molecular weight is 167 g/mol. The van der Waals surface area contributed by atoms with E-state index in [2.05, 4.69) is 22.2 Å². The van der Waals surface area contributed by atoms with Gasteiger partial charge in [-0.1, -0.05) is 17.3 Å². The van der Waals surface area contributed by atoms with Crippen molar-refractivity contribution >= 4 is 0 Å². The zero-order valence-corrected chi connectivity index (χ0v) is 6.93. The van der Waals surface area contributed by atoms with Crippen molar-refractivity contribution in [2.45, 2.75) is 37.8 Å². The molecule has 0 aromatic heterocycles. The third kappa shape index (κ3) is 2.57. The summed E-state index contributed by atoms with van der Waals surface area (Å²) in [7, 11) is 0. The molecule has 0 aromatic rings. The van der Waals surface area contributed by atoms with Gasteiger partial charge in [0.05, 0.1) is 12.1 Å². The summed E-state index contributed by atoms with van der Waals surface area (Å²) in [5, 5.41) is 13.1. The monoisotopic (exact) mass is 167 g/mol. The summed E-state index contributed by atoms with van der Waals surface area (Å²) >= 11 is 0. The average Bonchev–Trinajstić information content (AvgIpc) is 2.05. The number of rotatable bonds is 1. The van der Waals surface area contributed by atoms with E-state index in [1.54, 1.807) is 0 Å². The highest BCUT2D eigenvalue weighted by Gasteiger charge is 2.17. The first-order valence-electron chi connectivity index (χ1n) is 4.22. The fourth-order valence-corrected chi connectivity index (χ4v) is 1.36. The number of allylic oxidation sites excluding steroid dienone is 2. The summed E-state index contributed by atoms with van der Waals surface area (Å²) in [6.45, 7) is 0. The third-order valence-electron chi connectivity index (χ3n) is 2.07. The summed E-state index contributed by atoms with van der Waals surface area (Å²) in [6, 6.07) is -0.236. The van der Waals surface area contributed by atoms with Crippen molar-refractivity contribution in [2.24, 2.45) is 5.11 Å². The molecule has 0 saturated heterocycles. The lowest BCUT2D eigenvalue weighted by Gasteiger charge is -2.18. The molecule has 0 unspecified atom stereocenters. The van der Waals surface area contributed by atoms with Crippen LogP contribution in [0.25, 0.3) is 10.4 Å². The van der Waals surface area contributed by atoms with Crippen LogP contribution in [0.1, 0.15) is 25.7 Å². The first kappa shape index (κ1) is 9.10. The van der Waals surface area contributed by atoms with Gasteiger partial charge in [-0.25, -0.2) is 0 Å². The minimum atomic E-state index is -0.467. The lowest BCUT2D eigenvalue weighted by atomic mass is 9.99. The fourth-order valence-electron chi connectivity index (χ4n) is 1.36. The topological polar surface area (TPSA) is 69.0 Å². The molecule has 2 atom stereocenters. The van der Waals surface area contributed by atoms with Gasteiger partial charge in [0.2, 0.25) is 0 Å². The molecule has 0 radical (unpaired) electrons. The zero-order valence-electron chi connectivity index (χ0n) is 6.93. The number of aliphatic hydroxyl groups is 1. The van der Waals surface area contributed by atoms with Crippen LogP contribution < -0.4 is 0 Å². The highest BCUT2D eigenvalue weighted by molar-refractivity contribution is 4.90. The van der Waals surface area contributed by atoms with Crippen molar-refractivity contribution < 1.29 is 5.11 Å². The molecule has 0 fully saturated rings. The van der Waals surface area contributed by atoms with Crippen LogP contribution in [0.4, 0.5) is 0 Å². The van der Waals surface area contributed by atoms with Crippen LogP contribution in [0.2, 0.25) is 0 Å². The molecule has 4 heteroatoms. The summed E-state index contributed by atoms with van der Waals surface area (Å²) in [5.74, 6) is 0. The third-order valence-corrected chi connectivity index (χ3v) is 2.07. The lowest BCUT2D eigenvalue weighted by Crippen LogP contribution is -2.24. The van der Waals surface area contributed by atoms with Gasteiger partial charge in [0.15, 0.2) is 0 Å². The Hall–Kier alpha value is -0.990. The predicted molar refractivity (Wildman–Crippen MR) is 46.5 cm³/mol. The Bertz CT molecular complexity index is 208. The van der Waals surface area contributed by atoms with Crippen LogP contribution in [0.5, 0.6) is 0 Å². The second-order valence-corrected chi connectivity index (χ2v) is 2.97. The van der Waals surface area contributed by atoms with Crippen molar-refractivity contribution in [3.63, 3.8) is 0 Å². The Labute approximate surface area is 71.5 Å². The van der Waals surface area contributed by atoms with E-state index >= 15 is 0 Å². The molecule has 0 aromatic carbocycles. The standard InChI is InChI=1S/C8H13N3O/c9-11-10-7-5-3-1-2-4-6-8(7)12/h1-2,7-8,12H,3-6H2/t7-,8+/m1/s1. The van der Waals surface area contributed by atoms with Crippen LogP contribution in [-0.2, 0) is 0 Å². The molecule has 0 saturated carbocycles. The quantitative estimate of drug-likeness (QED) is 0.276. The number of azide groups is 1. The normalized spacial score (nSPS) is 30.1. The summed E-state index contributed by atoms with van der Waals surface area (Å²) in [5.41, 5.74) is 8.23. The van der Waals surface area contributed by atoms with Crippen LogP contribution >= 0.6 is 0 Å². The van der Waals surface area contributed by atoms with Gasteiger partial charge >= 0.3 is 0 Å². The van der Waals surface area contributed by atoms with E-state index in [1.807, 2.05) is 0 Å². The summed E-state index contributed by atoms with van der Waals surface area (Å²) < 4.78 is 0. The molecular weight excluding hydrogens is 154 g/mol. The predicted octanol–water partition coefficient (Wildman–Crippen LogP) is 2.16. The number of hydrogen-bond acceptors (Lipinski definition) is 2. The Kier molecular flexibility index (Phi) is 3.64. The Balaban J connectivity index is 2.57. The maximum atomic E-state index is 9.51. The lowest BCUT2D eigenvalue weighted by molar-refractivity contribution is 0.131. The summed E-state index contributed by atoms with van der Waals surface area (Å²) in [4.78, 5) is 2.72. The Morgan fingerprint density at radius 3 is 2.67 bits per heavy atom. The first-order valence-corrected chi connectivity index (χ1v) is 4.22. The molecule has 0 amide bonds. The SMILES string of the molecule is [N-]=[N+]=N[C@@H]1CCC=CCC[C@@H]1O. The molecule has 1 rings (SSSR count). The zero-order chi connectivity index (χ0) is 8.81. The largest absolute Gasteiger partial charge is 0.393 e. The van der Waals surface area contributed by atoms with E-state index < -0.39 is 6.10 Å². The van der Waals surface area contributed by atoms with Gasteiger partial charge < -0.3 is 5.11 Å². The fraction of sp³-hybridized carbons (Fsp3) is 0.750. The number of aliphatic hydroxyl groups excluding tert-OH is 1. The minimum absolute atomic E-state index is 0.236. The van der Waals surface area contributed by atoms with Gasteiger partial charge in [-0.3, -0.25) is 0 Å². The number of nitrogens with zero attached hydrogens (tertiary/aromatic N) is 3. The van der Waals surface area contributed by atoms with E-state index in [9.17, 15) is 5.11 Å². The van der Waals surface area contributed by atoms with Gasteiger partial charge in [0, 0.05) is 4.91 Å². The molecular formula is C8H13N3O. The van der Waals surface area contributed by atoms with E-state index in [0.717, 1.165) is 19.3 Å². The van der Waals surface area contributed by atoms with Gasteiger partial charge in [-0.05, 0) is 31.2 Å². The van der Waals surface area contributed by atoms with Gasteiger partial charge in [-0.15, -0.1) is 0 Å². The minimum Gasteiger partial charge on any atom is -0.393 e. The molecule has 1 aliphatic rings. The molecule has 0 heterocycles. The second kappa shape index (κ2) is 4.80. The Morgan fingerprint density at radius 1 is 1.33 bits per heavy atom. The van der Waals surface area contributed by atoms with E-state index in [0.29, 0.717) is 6.42 Å². The van der Waals surface area contributed by atoms with Crippen LogP contribution in [-0.4, -0.2) is 17.3 Å². The van der Waals surface area contributed by atoms with Crippen LogP contribution in [0.15, 0.2) is 17.3 Å². The number of hydrogen-bond donors (Lipinski definition) is 1. The molecule has 0 aliphatic heterocycles. The van der Waals surface area contributed by atoms with Gasteiger partial charge in [-0.2, -0.15) is 0 Å². The maximum Gasteiger partial charge on any atom is 0.0636 e. The molecule has 0 bridgehead atoms. The molecule has 1 aliphatic carbocycles. The molecule has 66 valence electrons. The van der Waals surface area contributed by atoms with E-state index in [4.69, 9.17) is 5.53 Å². The molecule has 4 nitrogen and oxygen atoms in total. The van der Waals surface area contributed by atoms with Crippen LogP contribution in [0, 0.1) is 0 Å². The Morgan fingerprint density at radius 2 is 2.00 bits per heavy atom. The van der Waals surface area contributed by atoms with Gasteiger partial charge in [0.25, 0.3) is 0 Å². The molecule has 0 spiro atoms. The van der Waals surface area contributed by atoms with Crippen molar-refractivity contribution in [3.05, 3.63) is 22.6 Å². The summed E-state index contributed by atoms with van der Waals surface area (Å²) in [6.07, 6.45) is 6.88. The van der Waals surface area contributed by atoms with Crippen molar-refractivity contribution in [2.75, 3.05) is 0 Å². The van der Waals surface area contributed by atoms with E-state index in [-0.39, 0.29) is 6.04 Å². The van der Waals surface area contributed by atoms with Crippen LogP contribution in [0.3, 0.4) is 0 Å². The first-order chi connectivity index (χ1) is 5.84. The highest BCUT2D eigenvalue weighted by atomic mass is 16.3.